The molecule has 3 unspecified atom stereocenters. The molecule has 0 aromatic rings. The van der Waals surface area contributed by atoms with Gasteiger partial charge >= 0.3 is 0 Å². The van der Waals surface area contributed by atoms with Gasteiger partial charge in [0.1, 0.15) is 0 Å². The fourth-order valence-corrected chi connectivity index (χ4v) is 2.89. The standard InChI is InChI=1S/C12H24N2/c1-9(13)12(2,3)8-14-7-10-4-5-11(14)6-10/h9-11H,4-8,13H2,1-3H3. The minimum absolute atomic E-state index is 0.268. The predicted octanol–water partition coefficient (Wildman–Crippen LogP) is 1.84. The van der Waals surface area contributed by atoms with Gasteiger partial charge in [-0.1, -0.05) is 13.8 Å². The maximum absolute atomic E-state index is 6.02. The Balaban J connectivity index is 1.92. The average Bonchev–Trinajstić information content (AvgIpc) is 2.63. The summed E-state index contributed by atoms with van der Waals surface area (Å²) in [5.41, 5.74) is 6.29. The molecule has 0 spiro atoms. The number of rotatable bonds is 3. The summed E-state index contributed by atoms with van der Waals surface area (Å²) >= 11 is 0. The van der Waals surface area contributed by atoms with Crippen molar-refractivity contribution in [2.45, 2.75) is 52.1 Å². The van der Waals surface area contributed by atoms with Gasteiger partial charge in [0.05, 0.1) is 0 Å². The normalized spacial score (nSPS) is 35.1. The Kier molecular flexibility index (Phi) is 2.61. The van der Waals surface area contributed by atoms with E-state index in [0.29, 0.717) is 6.04 Å². The molecule has 2 fully saturated rings. The summed E-state index contributed by atoms with van der Waals surface area (Å²) in [4.78, 5) is 2.68. The summed E-state index contributed by atoms with van der Waals surface area (Å²) in [5.74, 6) is 1.00. The molecule has 2 heteroatoms. The second-order valence-electron chi connectivity index (χ2n) is 6.04. The smallest absolute Gasteiger partial charge is 0.00988 e. The predicted molar refractivity (Wildman–Crippen MR) is 60.1 cm³/mol. The zero-order chi connectivity index (χ0) is 10.3. The van der Waals surface area contributed by atoms with Crippen molar-refractivity contribution >= 4 is 0 Å². The zero-order valence-corrected chi connectivity index (χ0v) is 9.79. The molecule has 1 heterocycles. The first-order valence-corrected chi connectivity index (χ1v) is 5.98. The number of fused-ring (bicyclic) bond motifs is 2. The van der Waals surface area contributed by atoms with Crippen LogP contribution in [0.5, 0.6) is 0 Å². The van der Waals surface area contributed by atoms with Gasteiger partial charge in [0.25, 0.3) is 0 Å². The highest BCUT2D eigenvalue weighted by Gasteiger charge is 2.40. The SMILES string of the molecule is CC(N)C(C)(C)CN1CC2CCC1C2. The fraction of sp³-hybridized carbons (Fsp3) is 1.00. The molecule has 2 bridgehead atoms. The Morgan fingerprint density at radius 3 is 2.57 bits per heavy atom. The Morgan fingerprint density at radius 1 is 1.43 bits per heavy atom. The van der Waals surface area contributed by atoms with Crippen molar-refractivity contribution in [1.29, 1.82) is 0 Å². The van der Waals surface area contributed by atoms with Crippen molar-refractivity contribution in [2.75, 3.05) is 13.1 Å². The van der Waals surface area contributed by atoms with Crippen LogP contribution < -0.4 is 5.73 Å². The Labute approximate surface area is 87.8 Å². The summed E-state index contributed by atoms with van der Waals surface area (Å²) in [6, 6.07) is 1.18. The van der Waals surface area contributed by atoms with Crippen LogP contribution in [0, 0.1) is 11.3 Å². The van der Waals surface area contributed by atoms with Crippen LogP contribution >= 0.6 is 0 Å². The van der Waals surface area contributed by atoms with Gasteiger partial charge in [-0.05, 0) is 37.5 Å². The second kappa shape index (κ2) is 3.49. The van der Waals surface area contributed by atoms with E-state index in [-0.39, 0.29) is 5.41 Å². The zero-order valence-electron chi connectivity index (χ0n) is 9.79. The van der Waals surface area contributed by atoms with Gasteiger partial charge in [-0.3, -0.25) is 4.90 Å². The van der Waals surface area contributed by atoms with Gasteiger partial charge in [-0.2, -0.15) is 0 Å². The second-order valence-corrected chi connectivity index (χ2v) is 6.04. The van der Waals surface area contributed by atoms with Gasteiger partial charge in [-0.15, -0.1) is 0 Å². The van der Waals surface area contributed by atoms with Crippen molar-refractivity contribution in [3.63, 3.8) is 0 Å². The molecule has 1 saturated carbocycles. The fourth-order valence-electron chi connectivity index (χ4n) is 2.89. The maximum Gasteiger partial charge on any atom is 0.00988 e. The van der Waals surface area contributed by atoms with Gasteiger partial charge in [0.2, 0.25) is 0 Å². The molecule has 14 heavy (non-hydrogen) atoms. The van der Waals surface area contributed by atoms with Crippen molar-refractivity contribution in [3.05, 3.63) is 0 Å². The lowest BCUT2D eigenvalue weighted by Gasteiger charge is -2.37. The van der Waals surface area contributed by atoms with Gasteiger partial charge < -0.3 is 5.73 Å². The van der Waals surface area contributed by atoms with Crippen LogP contribution in [0.15, 0.2) is 0 Å². The summed E-state index contributed by atoms with van der Waals surface area (Å²) in [7, 11) is 0. The summed E-state index contributed by atoms with van der Waals surface area (Å²) in [5, 5.41) is 0. The van der Waals surface area contributed by atoms with E-state index in [0.717, 1.165) is 12.0 Å². The van der Waals surface area contributed by atoms with Crippen molar-refractivity contribution < 1.29 is 0 Å². The van der Waals surface area contributed by atoms with Crippen molar-refractivity contribution in [3.8, 4) is 0 Å². The van der Waals surface area contributed by atoms with E-state index in [1.54, 1.807) is 0 Å². The molecule has 0 aromatic carbocycles. The van der Waals surface area contributed by atoms with Crippen LogP contribution in [0.3, 0.4) is 0 Å². The number of nitrogens with two attached hydrogens (primary N) is 1. The van der Waals surface area contributed by atoms with E-state index in [9.17, 15) is 0 Å². The molecule has 82 valence electrons. The lowest BCUT2D eigenvalue weighted by Crippen LogP contribution is -2.46. The number of nitrogens with zero attached hydrogens (tertiary/aromatic N) is 1. The first kappa shape index (κ1) is 10.4. The van der Waals surface area contributed by atoms with E-state index >= 15 is 0 Å². The number of hydrogen-bond acceptors (Lipinski definition) is 2. The Bertz CT molecular complexity index is 210. The third-order valence-electron chi connectivity index (χ3n) is 4.37. The highest BCUT2D eigenvalue weighted by atomic mass is 15.2. The van der Waals surface area contributed by atoms with E-state index in [2.05, 4.69) is 25.7 Å². The van der Waals surface area contributed by atoms with Crippen LogP contribution in [-0.2, 0) is 0 Å². The van der Waals surface area contributed by atoms with Crippen LogP contribution in [0.1, 0.15) is 40.0 Å². The number of hydrogen-bond donors (Lipinski definition) is 1. The van der Waals surface area contributed by atoms with Crippen LogP contribution in [0.25, 0.3) is 0 Å². The first-order valence-electron chi connectivity index (χ1n) is 5.98. The molecule has 0 aromatic heterocycles. The number of likely N-dealkylation sites (tertiary alicyclic amines) is 1. The Hall–Kier alpha value is -0.0800. The van der Waals surface area contributed by atoms with Crippen LogP contribution in [0.4, 0.5) is 0 Å². The summed E-state index contributed by atoms with van der Waals surface area (Å²) < 4.78 is 0. The number of piperidine rings is 1. The van der Waals surface area contributed by atoms with E-state index in [4.69, 9.17) is 5.73 Å². The van der Waals surface area contributed by atoms with Gasteiger partial charge in [-0.25, -0.2) is 0 Å². The quantitative estimate of drug-likeness (QED) is 0.746. The molecule has 0 radical (unpaired) electrons. The third-order valence-corrected chi connectivity index (χ3v) is 4.37. The molecule has 2 rings (SSSR count). The maximum atomic E-state index is 6.02. The summed E-state index contributed by atoms with van der Waals surface area (Å²) in [6.45, 7) is 9.24. The van der Waals surface area contributed by atoms with Crippen LogP contribution in [0.2, 0.25) is 0 Å². The van der Waals surface area contributed by atoms with Crippen molar-refractivity contribution in [2.24, 2.45) is 17.1 Å². The van der Waals surface area contributed by atoms with E-state index in [1.165, 1.54) is 32.4 Å². The monoisotopic (exact) mass is 196 g/mol. The minimum Gasteiger partial charge on any atom is -0.327 e. The van der Waals surface area contributed by atoms with Gasteiger partial charge in [0.15, 0.2) is 0 Å². The van der Waals surface area contributed by atoms with E-state index in [1.807, 2.05) is 0 Å². The average molecular weight is 196 g/mol. The first-order chi connectivity index (χ1) is 6.49. The largest absolute Gasteiger partial charge is 0.327 e. The lowest BCUT2D eigenvalue weighted by molar-refractivity contribution is 0.126. The Morgan fingerprint density at radius 2 is 2.14 bits per heavy atom. The molecule has 3 atom stereocenters. The molecule has 1 aliphatic carbocycles. The molecule has 2 aliphatic rings. The molecule has 2 N–H and O–H groups in total. The molecule has 1 saturated heterocycles. The molecule has 2 nitrogen and oxygen atoms in total. The molecule has 1 aliphatic heterocycles. The summed E-state index contributed by atoms with van der Waals surface area (Å²) in [6.07, 6.45) is 4.36. The van der Waals surface area contributed by atoms with Gasteiger partial charge in [0, 0.05) is 25.2 Å². The van der Waals surface area contributed by atoms with Crippen LogP contribution in [-0.4, -0.2) is 30.1 Å². The minimum atomic E-state index is 0.268. The lowest BCUT2D eigenvalue weighted by atomic mass is 9.85. The van der Waals surface area contributed by atoms with Crippen molar-refractivity contribution in [1.82, 2.24) is 4.90 Å². The topological polar surface area (TPSA) is 29.3 Å². The highest BCUT2D eigenvalue weighted by molar-refractivity contribution is 4.95. The molecular formula is C12H24N2. The third kappa shape index (κ3) is 1.82. The molecule has 0 amide bonds. The highest BCUT2D eigenvalue weighted by Crippen LogP contribution is 2.39. The molecular weight excluding hydrogens is 172 g/mol. The van der Waals surface area contributed by atoms with E-state index < -0.39 is 0 Å².